The Hall–Kier alpha value is -1.62. The Kier molecular flexibility index (Phi) is 3.96. The monoisotopic (exact) mass is 268 g/mol. The minimum absolute atomic E-state index is 0.0154. The number of sulfone groups is 1. The predicted molar refractivity (Wildman–Crippen MR) is 69.7 cm³/mol. The van der Waals surface area contributed by atoms with Crippen LogP contribution < -0.4 is 0 Å². The predicted octanol–water partition coefficient (Wildman–Crippen LogP) is 2.35. The van der Waals surface area contributed by atoms with E-state index in [9.17, 15) is 13.2 Å². The molecular weight excluding hydrogens is 252 g/mol. The van der Waals surface area contributed by atoms with Crippen LogP contribution in [0.5, 0.6) is 0 Å². The van der Waals surface area contributed by atoms with Gasteiger partial charge in [-0.1, -0.05) is 12.2 Å². The van der Waals surface area contributed by atoms with Crippen molar-refractivity contribution in [2.24, 2.45) is 0 Å². The molecule has 1 N–H and O–H groups in total. The average Bonchev–Trinajstić information content (AvgIpc) is 2.19. The second-order valence-electron chi connectivity index (χ2n) is 4.44. The summed E-state index contributed by atoms with van der Waals surface area (Å²) in [7, 11) is -3.53. The van der Waals surface area contributed by atoms with Gasteiger partial charge >= 0.3 is 5.97 Å². The maximum atomic E-state index is 12.1. The molecule has 0 radical (unpaired) electrons. The highest BCUT2D eigenvalue weighted by atomic mass is 32.2. The first-order chi connectivity index (χ1) is 8.15. The van der Waals surface area contributed by atoms with Crippen molar-refractivity contribution in [3.8, 4) is 0 Å². The first kappa shape index (κ1) is 14.4. The number of carboxylic acids is 1. The molecule has 0 atom stereocenters. The molecule has 0 aromatic heterocycles. The summed E-state index contributed by atoms with van der Waals surface area (Å²) in [5.41, 5.74) is 1.74. The zero-order valence-electron chi connectivity index (χ0n) is 10.6. The van der Waals surface area contributed by atoms with Crippen LogP contribution in [0.2, 0.25) is 0 Å². The van der Waals surface area contributed by atoms with Crippen LogP contribution in [0.1, 0.15) is 28.4 Å². The van der Waals surface area contributed by atoms with Gasteiger partial charge in [0, 0.05) is 0 Å². The average molecular weight is 268 g/mol. The Bertz CT molecular complexity index is 612. The molecule has 0 unspecified atom stereocenters. The molecule has 0 aliphatic carbocycles. The lowest BCUT2D eigenvalue weighted by Crippen LogP contribution is -2.11. The normalized spacial score (nSPS) is 11.3. The molecule has 1 rings (SSSR count). The van der Waals surface area contributed by atoms with Gasteiger partial charge in [0.25, 0.3) is 0 Å². The molecule has 1 aromatic rings. The molecule has 5 heteroatoms. The molecule has 0 heterocycles. The van der Waals surface area contributed by atoms with Crippen molar-refractivity contribution in [3.05, 3.63) is 41.0 Å². The van der Waals surface area contributed by atoms with E-state index >= 15 is 0 Å². The fourth-order valence-corrected chi connectivity index (χ4v) is 3.41. The topological polar surface area (TPSA) is 71.4 Å². The maximum Gasteiger partial charge on any atom is 0.335 e. The van der Waals surface area contributed by atoms with Gasteiger partial charge in [-0.3, -0.25) is 0 Å². The molecule has 0 fully saturated rings. The summed E-state index contributed by atoms with van der Waals surface area (Å²) in [5.74, 6) is -1.30. The Morgan fingerprint density at radius 3 is 2.33 bits per heavy atom. The fraction of sp³-hybridized carbons (Fsp3) is 0.308. The van der Waals surface area contributed by atoms with E-state index in [1.807, 2.05) is 0 Å². The number of aromatic carboxylic acids is 1. The van der Waals surface area contributed by atoms with Crippen LogP contribution in [-0.2, 0) is 9.84 Å². The Morgan fingerprint density at radius 1 is 1.33 bits per heavy atom. The lowest BCUT2D eigenvalue weighted by molar-refractivity contribution is 0.0696. The highest BCUT2D eigenvalue weighted by Crippen LogP contribution is 2.23. The lowest BCUT2D eigenvalue weighted by Gasteiger charge is -2.11. The Labute approximate surface area is 107 Å². The van der Waals surface area contributed by atoms with Gasteiger partial charge in [0.15, 0.2) is 9.84 Å². The van der Waals surface area contributed by atoms with Crippen molar-refractivity contribution in [2.75, 3.05) is 5.75 Å². The molecule has 0 saturated heterocycles. The summed E-state index contributed by atoms with van der Waals surface area (Å²) in [4.78, 5) is 11.0. The smallest absolute Gasteiger partial charge is 0.335 e. The van der Waals surface area contributed by atoms with Crippen LogP contribution >= 0.6 is 0 Å². The van der Waals surface area contributed by atoms with E-state index in [2.05, 4.69) is 6.58 Å². The lowest BCUT2D eigenvalue weighted by atomic mass is 10.1. The molecule has 0 amide bonds. The van der Waals surface area contributed by atoms with Gasteiger partial charge in [-0.15, -0.1) is 0 Å². The van der Waals surface area contributed by atoms with E-state index in [1.165, 1.54) is 12.1 Å². The minimum Gasteiger partial charge on any atom is -0.478 e. The number of hydrogen-bond acceptors (Lipinski definition) is 3. The molecule has 98 valence electrons. The van der Waals surface area contributed by atoms with Crippen LogP contribution in [0.3, 0.4) is 0 Å². The summed E-state index contributed by atoms with van der Waals surface area (Å²) in [6.45, 7) is 8.57. The first-order valence-corrected chi connectivity index (χ1v) is 7.02. The first-order valence-electron chi connectivity index (χ1n) is 5.37. The van der Waals surface area contributed by atoms with E-state index in [0.29, 0.717) is 16.7 Å². The second kappa shape index (κ2) is 4.94. The van der Waals surface area contributed by atoms with E-state index in [-0.39, 0.29) is 16.2 Å². The van der Waals surface area contributed by atoms with Gasteiger partial charge < -0.3 is 5.11 Å². The molecule has 1 aromatic carbocycles. The number of benzene rings is 1. The van der Waals surface area contributed by atoms with Crippen molar-refractivity contribution in [1.29, 1.82) is 0 Å². The number of hydrogen-bond donors (Lipinski definition) is 1. The van der Waals surface area contributed by atoms with Crippen molar-refractivity contribution in [3.63, 3.8) is 0 Å². The van der Waals surface area contributed by atoms with Gasteiger partial charge in [0.1, 0.15) is 0 Å². The standard InChI is InChI=1S/C13H16O4S/c1-8(2)7-18(16,17)12-6-11(13(14)15)5-9(3)10(12)4/h5-6H,1,7H2,2-4H3,(H,14,15). The van der Waals surface area contributed by atoms with Gasteiger partial charge in [-0.2, -0.15) is 0 Å². The highest BCUT2D eigenvalue weighted by molar-refractivity contribution is 7.91. The molecule has 0 spiro atoms. The molecule has 0 saturated carbocycles. The van der Waals surface area contributed by atoms with Crippen molar-refractivity contribution < 1.29 is 18.3 Å². The zero-order chi connectivity index (χ0) is 14.1. The van der Waals surface area contributed by atoms with Crippen molar-refractivity contribution in [2.45, 2.75) is 25.7 Å². The number of rotatable bonds is 4. The Morgan fingerprint density at radius 2 is 1.89 bits per heavy atom. The SMILES string of the molecule is C=C(C)CS(=O)(=O)c1cc(C(=O)O)cc(C)c1C. The summed E-state index contributed by atoms with van der Waals surface area (Å²) < 4.78 is 24.3. The molecule has 4 nitrogen and oxygen atoms in total. The third kappa shape index (κ3) is 2.98. The van der Waals surface area contributed by atoms with E-state index in [1.54, 1.807) is 20.8 Å². The number of aryl methyl sites for hydroxylation is 1. The summed E-state index contributed by atoms with van der Waals surface area (Å²) in [5, 5.41) is 8.96. The van der Waals surface area contributed by atoms with Gasteiger partial charge in [0.05, 0.1) is 16.2 Å². The van der Waals surface area contributed by atoms with Gasteiger partial charge in [0.2, 0.25) is 0 Å². The minimum atomic E-state index is -3.53. The third-order valence-corrected chi connectivity index (χ3v) is 4.61. The quantitative estimate of drug-likeness (QED) is 0.851. The van der Waals surface area contributed by atoms with Gasteiger partial charge in [-0.25, -0.2) is 13.2 Å². The molecule has 0 aliphatic rings. The van der Waals surface area contributed by atoms with E-state index in [4.69, 9.17) is 5.11 Å². The highest BCUT2D eigenvalue weighted by Gasteiger charge is 2.20. The summed E-state index contributed by atoms with van der Waals surface area (Å²) in [6, 6.07) is 2.68. The van der Waals surface area contributed by atoms with Crippen LogP contribution in [0.25, 0.3) is 0 Å². The largest absolute Gasteiger partial charge is 0.478 e. The molecule has 0 aliphatic heterocycles. The Balaban J connectivity index is 3.49. The van der Waals surface area contributed by atoms with Crippen LogP contribution in [0, 0.1) is 13.8 Å². The number of carboxylic acid groups (broad SMARTS) is 1. The van der Waals surface area contributed by atoms with E-state index in [0.717, 1.165) is 0 Å². The maximum absolute atomic E-state index is 12.1. The van der Waals surface area contributed by atoms with E-state index < -0.39 is 15.8 Å². The van der Waals surface area contributed by atoms with Crippen LogP contribution in [0.4, 0.5) is 0 Å². The number of carbonyl (C=O) groups is 1. The van der Waals surface area contributed by atoms with Crippen molar-refractivity contribution >= 4 is 15.8 Å². The van der Waals surface area contributed by atoms with Crippen LogP contribution in [0.15, 0.2) is 29.2 Å². The van der Waals surface area contributed by atoms with Gasteiger partial charge in [-0.05, 0) is 44.0 Å². The third-order valence-electron chi connectivity index (χ3n) is 2.64. The van der Waals surface area contributed by atoms with Crippen molar-refractivity contribution in [1.82, 2.24) is 0 Å². The second-order valence-corrected chi connectivity index (χ2v) is 6.40. The zero-order valence-corrected chi connectivity index (χ0v) is 11.5. The molecule has 0 bridgehead atoms. The fourth-order valence-electron chi connectivity index (χ4n) is 1.68. The van der Waals surface area contributed by atoms with Crippen LogP contribution in [-0.4, -0.2) is 25.2 Å². The summed E-state index contributed by atoms with van der Waals surface area (Å²) in [6.07, 6.45) is 0. The summed E-state index contributed by atoms with van der Waals surface area (Å²) >= 11 is 0. The molecular formula is C13H16O4S. The molecule has 18 heavy (non-hydrogen) atoms.